The average Bonchev–Trinajstić information content (AvgIpc) is 2.89. The van der Waals surface area contributed by atoms with Crippen molar-refractivity contribution in [2.24, 2.45) is 0 Å². The van der Waals surface area contributed by atoms with Crippen molar-refractivity contribution >= 4 is 23.2 Å². The van der Waals surface area contributed by atoms with Gasteiger partial charge in [0.05, 0.1) is 17.0 Å². The zero-order valence-corrected chi connectivity index (χ0v) is 15.5. The molecule has 0 aliphatic carbocycles. The minimum absolute atomic E-state index is 0.0497. The summed E-state index contributed by atoms with van der Waals surface area (Å²) in [4.78, 5) is 23.9. The fraction of sp³-hybridized carbons (Fsp3) is 0.150. The van der Waals surface area contributed by atoms with Crippen molar-refractivity contribution < 1.29 is 18.4 Å². The lowest BCUT2D eigenvalue weighted by atomic mass is 10.1. The molecule has 0 bridgehead atoms. The third kappa shape index (κ3) is 3.90. The molecule has 0 unspecified atom stereocenters. The number of rotatable bonds is 4. The average molecular weight is 384 g/mol. The number of carbonyl (C=O) groups excluding carboxylic acids is 2. The lowest BCUT2D eigenvalue weighted by Gasteiger charge is -2.09. The topological polar surface area (TPSA) is 76.0 Å². The molecule has 2 aromatic carbocycles. The third-order valence-corrected chi connectivity index (χ3v) is 4.10. The predicted octanol–water partition coefficient (Wildman–Crippen LogP) is 3.98. The Morgan fingerprint density at radius 2 is 1.68 bits per heavy atom. The smallest absolute Gasteiger partial charge is 0.259 e. The third-order valence-electron chi connectivity index (χ3n) is 4.10. The maximum absolute atomic E-state index is 14.1. The summed E-state index contributed by atoms with van der Waals surface area (Å²) in [5.41, 5.74) is 2.18. The van der Waals surface area contributed by atoms with Gasteiger partial charge in [0.15, 0.2) is 5.82 Å². The van der Waals surface area contributed by atoms with E-state index < -0.39 is 17.5 Å². The van der Waals surface area contributed by atoms with Crippen LogP contribution in [0.5, 0.6) is 0 Å². The predicted molar refractivity (Wildman–Crippen MR) is 102 cm³/mol. The van der Waals surface area contributed by atoms with Gasteiger partial charge in [-0.3, -0.25) is 9.59 Å². The Morgan fingerprint density at radius 1 is 1.00 bits per heavy atom. The van der Waals surface area contributed by atoms with Gasteiger partial charge in [-0.05, 0) is 44.2 Å². The van der Waals surface area contributed by atoms with Crippen LogP contribution in [0.1, 0.15) is 28.7 Å². The highest BCUT2D eigenvalue weighted by atomic mass is 19.1. The minimum Gasteiger partial charge on any atom is -0.326 e. The van der Waals surface area contributed by atoms with Crippen molar-refractivity contribution in [3.05, 3.63) is 71.1 Å². The molecule has 1 aromatic heterocycles. The normalized spacial score (nSPS) is 10.6. The number of nitrogens with one attached hydrogen (secondary N) is 2. The first-order valence-corrected chi connectivity index (χ1v) is 8.47. The van der Waals surface area contributed by atoms with Crippen LogP contribution < -0.4 is 10.6 Å². The monoisotopic (exact) mass is 384 g/mol. The SMILES string of the molecule is CC(=O)Nc1cccc(NC(=O)c2c(C)nn(-c3ccc(F)cc3F)c2C)c1. The van der Waals surface area contributed by atoms with Gasteiger partial charge in [-0.1, -0.05) is 6.07 Å². The maximum atomic E-state index is 14.1. The number of nitrogens with zero attached hydrogens (tertiary/aromatic N) is 2. The molecule has 0 aliphatic heterocycles. The molecule has 0 atom stereocenters. The van der Waals surface area contributed by atoms with E-state index in [0.29, 0.717) is 22.8 Å². The highest BCUT2D eigenvalue weighted by Crippen LogP contribution is 2.22. The quantitative estimate of drug-likeness (QED) is 0.714. The van der Waals surface area contributed by atoms with Crippen LogP contribution in [0.15, 0.2) is 42.5 Å². The molecule has 3 rings (SSSR count). The van der Waals surface area contributed by atoms with Crippen LogP contribution >= 0.6 is 0 Å². The Kier molecular flexibility index (Phi) is 5.21. The van der Waals surface area contributed by atoms with Crippen molar-refractivity contribution in [3.63, 3.8) is 0 Å². The fourth-order valence-corrected chi connectivity index (χ4v) is 2.93. The molecule has 28 heavy (non-hydrogen) atoms. The molecule has 0 spiro atoms. The summed E-state index contributed by atoms with van der Waals surface area (Å²) in [6.07, 6.45) is 0. The number of benzene rings is 2. The number of anilines is 2. The van der Waals surface area contributed by atoms with Gasteiger partial charge in [-0.15, -0.1) is 0 Å². The van der Waals surface area contributed by atoms with Crippen LogP contribution in [-0.4, -0.2) is 21.6 Å². The highest BCUT2D eigenvalue weighted by molar-refractivity contribution is 6.06. The molecule has 0 radical (unpaired) electrons. The van der Waals surface area contributed by atoms with Crippen molar-refractivity contribution in [1.82, 2.24) is 9.78 Å². The Morgan fingerprint density at radius 3 is 2.32 bits per heavy atom. The van der Waals surface area contributed by atoms with Crippen LogP contribution in [0.25, 0.3) is 5.69 Å². The summed E-state index contributed by atoms with van der Waals surface area (Å²) in [5.74, 6) is -2.12. The molecule has 0 saturated carbocycles. The number of hydrogen-bond donors (Lipinski definition) is 2. The van der Waals surface area contributed by atoms with Gasteiger partial charge < -0.3 is 10.6 Å². The number of hydrogen-bond acceptors (Lipinski definition) is 3. The molecule has 3 aromatic rings. The Balaban J connectivity index is 1.91. The van der Waals surface area contributed by atoms with Crippen LogP contribution in [-0.2, 0) is 4.79 Å². The van der Waals surface area contributed by atoms with Crippen LogP contribution in [0.4, 0.5) is 20.2 Å². The summed E-state index contributed by atoms with van der Waals surface area (Å²) in [6, 6.07) is 9.84. The summed E-state index contributed by atoms with van der Waals surface area (Å²) in [5, 5.41) is 9.61. The zero-order chi connectivity index (χ0) is 20.4. The standard InChI is InChI=1S/C20H18F2N4O2/c1-11-19(12(2)26(25-11)18-8-7-14(21)9-17(18)22)20(28)24-16-6-4-5-15(10-16)23-13(3)27/h4-10H,1-3H3,(H,23,27)(H,24,28). The molecular formula is C20H18F2N4O2. The first-order valence-electron chi connectivity index (χ1n) is 8.47. The molecule has 0 aliphatic rings. The number of carbonyl (C=O) groups is 2. The van der Waals surface area contributed by atoms with Gasteiger partial charge in [-0.25, -0.2) is 13.5 Å². The molecular weight excluding hydrogens is 366 g/mol. The van der Waals surface area contributed by atoms with E-state index in [1.54, 1.807) is 38.1 Å². The van der Waals surface area contributed by atoms with Gasteiger partial charge in [0, 0.05) is 24.4 Å². The van der Waals surface area contributed by atoms with E-state index in [9.17, 15) is 18.4 Å². The molecule has 0 saturated heterocycles. The van der Waals surface area contributed by atoms with Gasteiger partial charge in [0.2, 0.25) is 5.91 Å². The van der Waals surface area contributed by atoms with Crippen molar-refractivity contribution in [1.29, 1.82) is 0 Å². The minimum atomic E-state index is -0.777. The van der Waals surface area contributed by atoms with E-state index in [4.69, 9.17) is 0 Å². The molecule has 2 N–H and O–H groups in total. The lowest BCUT2D eigenvalue weighted by Crippen LogP contribution is -2.14. The van der Waals surface area contributed by atoms with Crippen LogP contribution in [0, 0.1) is 25.5 Å². The van der Waals surface area contributed by atoms with Gasteiger partial charge in [-0.2, -0.15) is 5.10 Å². The van der Waals surface area contributed by atoms with Gasteiger partial charge in [0.1, 0.15) is 11.5 Å². The maximum Gasteiger partial charge on any atom is 0.259 e. The Hall–Kier alpha value is -3.55. The summed E-state index contributed by atoms with van der Waals surface area (Å²) in [7, 11) is 0. The molecule has 144 valence electrons. The number of aromatic nitrogens is 2. The van der Waals surface area contributed by atoms with Crippen LogP contribution in [0.2, 0.25) is 0 Å². The van der Waals surface area contributed by atoms with E-state index in [1.165, 1.54) is 17.7 Å². The van der Waals surface area contributed by atoms with Crippen molar-refractivity contribution in [2.75, 3.05) is 10.6 Å². The van der Waals surface area contributed by atoms with E-state index in [0.717, 1.165) is 12.1 Å². The Labute approximate surface area is 160 Å². The van der Waals surface area contributed by atoms with E-state index >= 15 is 0 Å². The summed E-state index contributed by atoms with van der Waals surface area (Å²) in [6.45, 7) is 4.65. The van der Waals surface area contributed by atoms with Gasteiger partial charge in [0.25, 0.3) is 5.91 Å². The first kappa shape index (κ1) is 19.2. The summed E-state index contributed by atoms with van der Waals surface area (Å²) < 4.78 is 28.6. The first-order chi connectivity index (χ1) is 13.3. The van der Waals surface area contributed by atoms with E-state index in [1.807, 2.05) is 0 Å². The second kappa shape index (κ2) is 7.59. The lowest BCUT2D eigenvalue weighted by molar-refractivity contribution is -0.114. The largest absolute Gasteiger partial charge is 0.326 e. The van der Waals surface area contributed by atoms with Crippen LogP contribution in [0.3, 0.4) is 0 Å². The molecule has 1 heterocycles. The molecule has 2 amide bonds. The van der Waals surface area contributed by atoms with E-state index in [2.05, 4.69) is 15.7 Å². The zero-order valence-electron chi connectivity index (χ0n) is 15.5. The Bertz CT molecular complexity index is 1080. The fourth-order valence-electron chi connectivity index (χ4n) is 2.93. The second-order valence-corrected chi connectivity index (χ2v) is 6.27. The highest BCUT2D eigenvalue weighted by Gasteiger charge is 2.21. The van der Waals surface area contributed by atoms with Crippen molar-refractivity contribution in [3.8, 4) is 5.69 Å². The summed E-state index contributed by atoms with van der Waals surface area (Å²) >= 11 is 0. The van der Waals surface area contributed by atoms with Gasteiger partial charge >= 0.3 is 0 Å². The molecule has 0 fully saturated rings. The van der Waals surface area contributed by atoms with E-state index in [-0.39, 0.29) is 17.2 Å². The number of halogens is 2. The molecule has 8 heteroatoms. The second-order valence-electron chi connectivity index (χ2n) is 6.27. The number of amides is 2. The number of aryl methyl sites for hydroxylation is 1. The molecule has 6 nitrogen and oxygen atoms in total. The van der Waals surface area contributed by atoms with Crippen molar-refractivity contribution in [2.45, 2.75) is 20.8 Å².